The van der Waals surface area contributed by atoms with Crippen LogP contribution in [0.1, 0.15) is 44.7 Å². The minimum absolute atomic E-state index is 0.0586. The zero-order valence-electron chi connectivity index (χ0n) is 18.2. The molecule has 3 rings (SSSR count). The number of nitrogens with one attached hydrogen (secondary N) is 2. The van der Waals surface area contributed by atoms with Gasteiger partial charge in [0.25, 0.3) is 0 Å². The molecule has 31 heavy (non-hydrogen) atoms. The van der Waals surface area contributed by atoms with Gasteiger partial charge in [0.1, 0.15) is 12.1 Å². The third-order valence-corrected chi connectivity index (χ3v) is 5.60. The second-order valence-corrected chi connectivity index (χ2v) is 8.95. The van der Waals surface area contributed by atoms with Crippen LogP contribution in [0.5, 0.6) is 0 Å². The van der Waals surface area contributed by atoms with Crippen LogP contribution in [0.25, 0.3) is 11.1 Å². The molecule has 7 nitrogen and oxygen atoms in total. The van der Waals surface area contributed by atoms with E-state index in [0.29, 0.717) is 0 Å². The SMILES string of the molecule is CC(C)(CNC(=O)C(C)(C)NC(=O)OCC1c2ccccc2-c2ccccc21)C(=O)O. The molecule has 0 unspecified atom stereocenters. The molecule has 0 fully saturated rings. The van der Waals surface area contributed by atoms with Crippen LogP contribution in [0.15, 0.2) is 48.5 Å². The predicted octanol–water partition coefficient (Wildman–Crippen LogP) is 3.53. The Balaban J connectivity index is 1.61. The van der Waals surface area contributed by atoms with Gasteiger partial charge in [-0.25, -0.2) is 4.79 Å². The van der Waals surface area contributed by atoms with Gasteiger partial charge in [-0.2, -0.15) is 0 Å². The van der Waals surface area contributed by atoms with Crippen molar-refractivity contribution in [3.05, 3.63) is 59.7 Å². The molecular formula is C24H28N2O5. The molecule has 1 aliphatic carbocycles. The molecule has 0 heterocycles. The van der Waals surface area contributed by atoms with Crippen molar-refractivity contribution in [2.24, 2.45) is 5.41 Å². The van der Waals surface area contributed by atoms with E-state index in [2.05, 4.69) is 22.8 Å². The van der Waals surface area contributed by atoms with Crippen LogP contribution in [-0.4, -0.2) is 41.8 Å². The quantitative estimate of drug-likeness (QED) is 0.631. The molecule has 0 atom stereocenters. The molecule has 1 aliphatic rings. The predicted molar refractivity (Wildman–Crippen MR) is 117 cm³/mol. The number of hydrogen-bond donors (Lipinski definition) is 3. The lowest BCUT2D eigenvalue weighted by Gasteiger charge is -2.27. The Labute approximate surface area is 181 Å². The molecule has 0 saturated heterocycles. The van der Waals surface area contributed by atoms with Gasteiger partial charge in [0, 0.05) is 12.5 Å². The third kappa shape index (κ3) is 4.71. The molecule has 2 aromatic rings. The van der Waals surface area contributed by atoms with Crippen molar-refractivity contribution in [2.45, 2.75) is 39.2 Å². The zero-order valence-corrected chi connectivity index (χ0v) is 18.2. The van der Waals surface area contributed by atoms with Crippen molar-refractivity contribution in [3.8, 4) is 11.1 Å². The smallest absolute Gasteiger partial charge is 0.408 e. The number of benzene rings is 2. The lowest BCUT2D eigenvalue weighted by atomic mass is 9.93. The van der Waals surface area contributed by atoms with E-state index in [4.69, 9.17) is 4.74 Å². The van der Waals surface area contributed by atoms with Gasteiger partial charge in [-0.3, -0.25) is 9.59 Å². The minimum Gasteiger partial charge on any atom is -0.481 e. The number of alkyl carbamates (subject to hydrolysis) is 1. The molecule has 0 bridgehead atoms. The molecule has 0 spiro atoms. The molecule has 0 aromatic heterocycles. The molecule has 3 N–H and O–H groups in total. The second-order valence-electron chi connectivity index (χ2n) is 8.95. The first-order chi connectivity index (χ1) is 14.5. The molecular weight excluding hydrogens is 396 g/mol. The summed E-state index contributed by atoms with van der Waals surface area (Å²) < 4.78 is 5.49. The summed E-state index contributed by atoms with van der Waals surface area (Å²) >= 11 is 0. The van der Waals surface area contributed by atoms with Crippen molar-refractivity contribution in [2.75, 3.05) is 13.2 Å². The lowest BCUT2D eigenvalue weighted by molar-refractivity contribution is -0.147. The van der Waals surface area contributed by atoms with Gasteiger partial charge >= 0.3 is 12.1 Å². The highest BCUT2D eigenvalue weighted by Gasteiger charge is 2.34. The molecule has 2 aromatic carbocycles. The fraction of sp³-hybridized carbons (Fsp3) is 0.375. The summed E-state index contributed by atoms with van der Waals surface area (Å²) in [5.74, 6) is -1.59. The van der Waals surface area contributed by atoms with Gasteiger partial charge in [-0.1, -0.05) is 48.5 Å². The summed E-state index contributed by atoms with van der Waals surface area (Å²) in [5, 5.41) is 14.3. The van der Waals surface area contributed by atoms with Gasteiger partial charge in [0.05, 0.1) is 5.41 Å². The summed E-state index contributed by atoms with van der Waals surface area (Å²) in [6.45, 7) is 6.19. The first-order valence-corrected chi connectivity index (χ1v) is 10.2. The summed E-state index contributed by atoms with van der Waals surface area (Å²) in [4.78, 5) is 36.1. The number of carboxylic acids is 1. The standard InChI is InChI=1S/C24H28N2O5/c1-23(2,21(28)29)14-25-20(27)24(3,4)26-22(30)31-13-19-17-11-7-5-9-15(17)16-10-6-8-12-18(16)19/h5-12,19H,13-14H2,1-4H3,(H,25,27)(H,26,30)(H,28,29). The molecule has 0 radical (unpaired) electrons. The lowest BCUT2D eigenvalue weighted by Crippen LogP contribution is -2.56. The number of carboxylic acid groups (broad SMARTS) is 1. The van der Waals surface area contributed by atoms with Crippen LogP contribution in [0.3, 0.4) is 0 Å². The highest BCUT2D eigenvalue weighted by Crippen LogP contribution is 2.44. The Bertz CT molecular complexity index is 967. The average molecular weight is 424 g/mol. The first-order valence-electron chi connectivity index (χ1n) is 10.2. The first kappa shape index (κ1) is 22.3. The van der Waals surface area contributed by atoms with Crippen molar-refractivity contribution in [1.82, 2.24) is 10.6 Å². The minimum atomic E-state index is -1.27. The summed E-state index contributed by atoms with van der Waals surface area (Å²) in [7, 11) is 0. The Morgan fingerprint density at radius 1 is 0.935 bits per heavy atom. The number of carbonyl (C=O) groups excluding carboxylic acids is 2. The maximum absolute atomic E-state index is 12.5. The second kappa shape index (κ2) is 8.41. The maximum Gasteiger partial charge on any atom is 0.408 e. The maximum atomic E-state index is 12.5. The zero-order chi connectivity index (χ0) is 22.8. The summed E-state index contributed by atoms with van der Waals surface area (Å²) in [5.41, 5.74) is 2.08. The molecule has 0 saturated carbocycles. The molecule has 2 amide bonds. The molecule has 7 heteroatoms. The van der Waals surface area contributed by atoms with Crippen LogP contribution < -0.4 is 10.6 Å². The van der Waals surface area contributed by atoms with E-state index in [9.17, 15) is 19.5 Å². The number of amides is 2. The average Bonchev–Trinajstić information content (AvgIpc) is 3.04. The van der Waals surface area contributed by atoms with Crippen LogP contribution in [0, 0.1) is 5.41 Å². The summed E-state index contributed by atoms with van der Waals surface area (Å²) in [6.07, 6.45) is -0.709. The number of ether oxygens (including phenoxy) is 1. The number of hydrogen-bond acceptors (Lipinski definition) is 4. The monoisotopic (exact) mass is 424 g/mol. The number of fused-ring (bicyclic) bond motifs is 3. The Kier molecular flexibility index (Phi) is 6.06. The van der Waals surface area contributed by atoms with Crippen LogP contribution in [0.4, 0.5) is 4.79 Å². The van der Waals surface area contributed by atoms with E-state index in [1.54, 1.807) is 0 Å². The largest absolute Gasteiger partial charge is 0.481 e. The highest BCUT2D eigenvalue weighted by atomic mass is 16.5. The van der Waals surface area contributed by atoms with Gasteiger partial charge in [-0.05, 0) is 49.9 Å². The van der Waals surface area contributed by atoms with Crippen molar-refractivity contribution in [1.29, 1.82) is 0 Å². The Morgan fingerprint density at radius 2 is 1.45 bits per heavy atom. The number of carbonyl (C=O) groups is 3. The fourth-order valence-corrected chi connectivity index (χ4v) is 3.54. The highest BCUT2D eigenvalue weighted by molar-refractivity contribution is 5.89. The third-order valence-electron chi connectivity index (χ3n) is 5.60. The van der Waals surface area contributed by atoms with Gasteiger partial charge in [0.2, 0.25) is 5.91 Å². The normalized spacial score (nSPS) is 13.2. The van der Waals surface area contributed by atoms with E-state index in [1.807, 2.05) is 36.4 Å². The topological polar surface area (TPSA) is 105 Å². The summed E-state index contributed by atoms with van der Waals surface area (Å²) in [6, 6.07) is 16.1. The molecule has 0 aliphatic heterocycles. The number of aliphatic carboxylic acids is 1. The van der Waals surface area contributed by atoms with Gasteiger partial charge < -0.3 is 20.5 Å². The fourth-order valence-electron chi connectivity index (χ4n) is 3.54. The van der Waals surface area contributed by atoms with Crippen molar-refractivity contribution < 1.29 is 24.2 Å². The van der Waals surface area contributed by atoms with E-state index in [-0.39, 0.29) is 19.1 Å². The van der Waals surface area contributed by atoms with Gasteiger partial charge in [-0.15, -0.1) is 0 Å². The van der Waals surface area contributed by atoms with Crippen LogP contribution in [-0.2, 0) is 14.3 Å². The van der Waals surface area contributed by atoms with E-state index in [0.717, 1.165) is 22.3 Å². The van der Waals surface area contributed by atoms with Crippen LogP contribution >= 0.6 is 0 Å². The van der Waals surface area contributed by atoms with Crippen molar-refractivity contribution >= 4 is 18.0 Å². The Hall–Kier alpha value is -3.35. The van der Waals surface area contributed by atoms with Crippen molar-refractivity contribution in [3.63, 3.8) is 0 Å². The van der Waals surface area contributed by atoms with E-state index < -0.39 is 28.9 Å². The van der Waals surface area contributed by atoms with E-state index in [1.165, 1.54) is 27.7 Å². The van der Waals surface area contributed by atoms with Gasteiger partial charge in [0.15, 0.2) is 0 Å². The number of rotatable bonds is 7. The van der Waals surface area contributed by atoms with E-state index >= 15 is 0 Å². The molecule has 164 valence electrons. The van der Waals surface area contributed by atoms with Crippen LogP contribution in [0.2, 0.25) is 0 Å². The Morgan fingerprint density at radius 3 is 1.97 bits per heavy atom.